The smallest absolute Gasteiger partial charge is 0.309 e. The van der Waals surface area contributed by atoms with Crippen molar-refractivity contribution < 1.29 is 23.9 Å². The van der Waals surface area contributed by atoms with Gasteiger partial charge in [0.05, 0.1) is 13.0 Å². The number of allylic oxidation sites excluding steroid dienone is 11. The molecule has 232 valence electrons. The van der Waals surface area contributed by atoms with Gasteiger partial charge >= 0.3 is 5.97 Å². The molecule has 0 fully saturated rings. The summed E-state index contributed by atoms with van der Waals surface area (Å²) in [6.07, 6.45) is 30.4. The Kier molecular flexibility index (Phi) is 27.6. The first-order valence-corrected chi connectivity index (χ1v) is 14.8. The molecule has 0 heterocycles. The van der Waals surface area contributed by atoms with Gasteiger partial charge in [-0.15, -0.1) is 0 Å². The van der Waals surface area contributed by atoms with E-state index in [1.807, 2.05) is 19.9 Å². The number of carbonyl (C=O) groups excluding carboxylic acids is 3. The maximum atomic E-state index is 12.5. The Morgan fingerprint density at radius 1 is 0.756 bits per heavy atom. The summed E-state index contributed by atoms with van der Waals surface area (Å²) in [6, 6.07) is 0. The maximum Gasteiger partial charge on any atom is 0.309 e. The minimum atomic E-state index is -0.819. The van der Waals surface area contributed by atoms with E-state index in [0.717, 1.165) is 38.5 Å². The van der Waals surface area contributed by atoms with Gasteiger partial charge in [0.25, 0.3) is 0 Å². The summed E-state index contributed by atoms with van der Waals surface area (Å²) in [7, 11) is 2.98. The summed E-state index contributed by atoms with van der Waals surface area (Å²) >= 11 is 0. The van der Waals surface area contributed by atoms with Crippen molar-refractivity contribution >= 4 is 17.8 Å². The third kappa shape index (κ3) is 24.3. The second-order valence-corrected chi connectivity index (χ2v) is 9.60. The lowest BCUT2D eigenvalue weighted by atomic mass is 9.86. The minimum absolute atomic E-state index is 0.0375. The number of esters is 1. The third-order valence-electron chi connectivity index (χ3n) is 5.60. The number of amides is 2. The molecule has 0 aromatic carbocycles. The lowest BCUT2D eigenvalue weighted by Gasteiger charge is -2.31. The number of nitrogens with one attached hydrogen (secondary N) is 2. The molecule has 0 aliphatic rings. The number of hydrogen-bond acceptors (Lipinski definition) is 5. The highest BCUT2D eigenvalue weighted by molar-refractivity contribution is 5.82. The molecule has 2 N–H and O–H groups in total. The van der Waals surface area contributed by atoms with Crippen LogP contribution in [0.5, 0.6) is 0 Å². The predicted molar refractivity (Wildman–Crippen MR) is 171 cm³/mol. The Hall–Kier alpha value is -3.19. The lowest BCUT2D eigenvalue weighted by molar-refractivity contribution is -0.154. The van der Waals surface area contributed by atoms with Gasteiger partial charge in [0.2, 0.25) is 11.8 Å². The molecule has 0 aliphatic heterocycles. The molecule has 41 heavy (non-hydrogen) atoms. The van der Waals surface area contributed by atoms with Gasteiger partial charge in [0.15, 0.2) is 0 Å². The van der Waals surface area contributed by atoms with E-state index in [9.17, 15) is 14.4 Å². The summed E-state index contributed by atoms with van der Waals surface area (Å²) in [6.45, 7) is 9.97. The van der Waals surface area contributed by atoms with Crippen LogP contribution in [-0.4, -0.2) is 51.2 Å². The zero-order valence-electron chi connectivity index (χ0n) is 26.6. The number of rotatable bonds is 21. The maximum absolute atomic E-state index is 12.5. The van der Waals surface area contributed by atoms with Gasteiger partial charge in [-0.05, 0) is 38.5 Å². The highest BCUT2D eigenvalue weighted by Crippen LogP contribution is 2.24. The molecule has 2 amide bonds. The molecule has 0 aromatic heterocycles. The van der Waals surface area contributed by atoms with E-state index in [1.165, 1.54) is 7.11 Å². The van der Waals surface area contributed by atoms with E-state index in [1.54, 1.807) is 27.0 Å². The van der Waals surface area contributed by atoms with E-state index in [2.05, 4.69) is 78.3 Å². The number of methoxy groups -OCH3 is 1. The Bertz CT molecular complexity index is 866. The molecular weight excluding hydrogens is 516 g/mol. The molecule has 7 heteroatoms. The van der Waals surface area contributed by atoms with Crippen molar-refractivity contribution in [3.8, 4) is 0 Å². The quantitative estimate of drug-likeness (QED) is 0.115. The van der Waals surface area contributed by atoms with Crippen LogP contribution in [0.3, 0.4) is 0 Å². The molecule has 0 aromatic rings. The van der Waals surface area contributed by atoms with Crippen molar-refractivity contribution in [2.75, 3.05) is 27.3 Å². The molecular formula is C34H56N2O5. The van der Waals surface area contributed by atoms with Crippen molar-refractivity contribution in [1.29, 1.82) is 0 Å². The molecule has 0 saturated heterocycles. The SMILES string of the molecule is CC.CC/C=C\C/C=C\C/C=C\C/C=C\C/C=C\C/C=C\CC(=O)OCC(C)(C)[C@@H](OC)C(=O)NCCC(=O)NC. The minimum Gasteiger partial charge on any atom is -0.465 e. The van der Waals surface area contributed by atoms with E-state index in [0.29, 0.717) is 0 Å². The number of carbonyl (C=O) groups is 3. The summed E-state index contributed by atoms with van der Waals surface area (Å²) in [4.78, 5) is 35.9. The van der Waals surface area contributed by atoms with Crippen LogP contribution in [0.4, 0.5) is 0 Å². The van der Waals surface area contributed by atoms with Crippen molar-refractivity contribution in [1.82, 2.24) is 10.6 Å². The largest absolute Gasteiger partial charge is 0.465 e. The van der Waals surface area contributed by atoms with Crippen LogP contribution in [0.15, 0.2) is 72.9 Å². The molecule has 7 nitrogen and oxygen atoms in total. The molecule has 0 saturated carbocycles. The lowest BCUT2D eigenvalue weighted by Crippen LogP contribution is -2.48. The van der Waals surface area contributed by atoms with Gasteiger partial charge in [-0.25, -0.2) is 0 Å². The molecule has 0 radical (unpaired) electrons. The zero-order valence-corrected chi connectivity index (χ0v) is 26.6. The van der Waals surface area contributed by atoms with Gasteiger partial charge in [-0.1, -0.05) is 108 Å². The van der Waals surface area contributed by atoms with E-state index < -0.39 is 11.5 Å². The Labute approximate surface area is 249 Å². The van der Waals surface area contributed by atoms with Crippen LogP contribution >= 0.6 is 0 Å². The van der Waals surface area contributed by atoms with Crippen molar-refractivity contribution in [2.24, 2.45) is 5.41 Å². The average Bonchev–Trinajstić information content (AvgIpc) is 2.96. The first kappa shape index (κ1) is 40.0. The van der Waals surface area contributed by atoms with Gasteiger partial charge in [-0.2, -0.15) is 0 Å². The van der Waals surface area contributed by atoms with Crippen LogP contribution in [-0.2, 0) is 23.9 Å². The fourth-order valence-corrected chi connectivity index (χ4v) is 3.40. The summed E-state index contributed by atoms with van der Waals surface area (Å²) in [5.74, 6) is -0.871. The molecule has 0 spiro atoms. The standard InChI is InChI=1S/C32H50N2O5.C2H6/c1-6-7-8-9-10-11-12-13-14-15-16-17-18-19-20-21-22-23-24-29(36)39-27-32(2,3)30(38-5)31(37)34-26-25-28(35)33-4;1-2/h7-8,10-11,13-14,16-17,19-20,22-23,30H,6,9,12,15,18,21,24-27H2,1-5H3,(H,33,35)(H,34,37);1-2H3/b8-7-,11-10-,14-13-,17-16-,20-19-,23-22-;/t30-;/m0./s1. The second kappa shape index (κ2) is 28.3. The molecule has 1 atom stereocenters. The number of ether oxygens (including phenoxy) is 2. The second-order valence-electron chi connectivity index (χ2n) is 9.60. The summed E-state index contributed by atoms with van der Waals surface area (Å²) in [5.41, 5.74) is -0.736. The van der Waals surface area contributed by atoms with Gasteiger partial charge in [-0.3, -0.25) is 14.4 Å². The predicted octanol–water partition coefficient (Wildman–Crippen LogP) is 6.94. The highest BCUT2D eigenvalue weighted by atomic mass is 16.5. The molecule has 0 aliphatic carbocycles. The first-order chi connectivity index (χ1) is 19.8. The monoisotopic (exact) mass is 572 g/mol. The van der Waals surface area contributed by atoms with Crippen LogP contribution in [0.2, 0.25) is 0 Å². The summed E-state index contributed by atoms with van der Waals surface area (Å²) < 4.78 is 10.7. The Balaban J connectivity index is 0. The normalized spacial score (nSPS) is 13.0. The summed E-state index contributed by atoms with van der Waals surface area (Å²) in [5, 5.41) is 5.19. The fraction of sp³-hybridized carbons (Fsp3) is 0.559. The van der Waals surface area contributed by atoms with Gasteiger partial charge in [0, 0.05) is 32.5 Å². The highest BCUT2D eigenvalue weighted by Gasteiger charge is 2.36. The van der Waals surface area contributed by atoms with Crippen LogP contribution in [0.1, 0.15) is 86.0 Å². The van der Waals surface area contributed by atoms with Gasteiger partial charge < -0.3 is 20.1 Å². The fourth-order valence-electron chi connectivity index (χ4n) is 3.40. The molecule has 0 unspecified atom stereocenters. The van der Waals surface area contributed by atoms with E-state index >= 15 is 0 Å². The van der Waals surface area contributed by atoms with E-state index in [4.69, 9.17) is 9.47 Å². The van der Waals surface area contributed by atoms with Crippen molar-refractivity contribution in [2.45, 2.75) is 92.1 Å². The van der Waals surface area contributed by atoms with Crippen LogP contribution in [0.25, 0.3) is 0 Å². The topological polar surface area (TPSA) is 93.7 Å². The van der Waals surface area contributed by atoms with Crippen LogP contribution in [0, 0.1) is 5.41 Å². The average molecular weight is 573 g/mol. The van der Waals surface area contributed by atoms with E-state index in [-0.39, 0.29) is 43.8 Å². The Morgan fingerprint density at radius 2 is 1.20 bits per heavy atom. The van der Waals surface area contributed by atoms with Crippen molar-refractivity contribution in [3.05, 3.63) is 72.9 Å². The first-order valence-electron chi connectivity index (χ1n) is 14.8. The van der Waals surface area contributed by atoms with Crippen LogP contribution < -0.4 is 10.6 Å². The zero-order chi connectivity index (χ0) is 31.2. The van der Waals surface area contributed by atoms with Crippen molar-refractivity contribution in [3.63, 3.8) is 0 Å². The molecule has 0 rings (SSSR count). The molecule has 0 bridgehead atoms. The Morgan fingerprint density at radius 3 is 1.61 bits per heavy atom. The number of hydrogen-bond donors (Lipinski definition) is 2. The third-order valence-corrected chi connectivity index (χ3v) is 5.60. The van der Waals surface area contributed by atoms with Gasteiger partial charge in [0.1, 0.15) is 6.10 Å².